The topological polar surface area (TPSA) is 58.1 Å². The van der Waals surface area contributed by atoms with E-state index >= 15 is 0 Å². The van der Waals surface area contributed by atoms with Crippen LogP contribution < -0.4 is 5.32 Å². The molecular formula is C25H24N4O. The number of piperidine rings is 1. The van der Waals surface area contributed by atoms with Gasteiger partial charge in [-0.2, -0.15) is 0 Å². The monoisotopic (exact) mass is 396 g/mol. The number of benzene rings is 3. The molecule has 1 aliphatic heterocycles. The molecule has 5 rings (SSSR count). The first-order valence-corrected chi connectivity index (χ1v) is 10.5. The molecule has 5 nitrogen and oxygen atoms in total. The molecule has 0 bridgehead atoms. The zero-order valence-corrected chi connectivity index (χ0v) is 16.8. The Bertz CT molecular complexity index is 1200. The Labute approximate surface area is 175 Å². The molecule has 0 saturated carbocycles. The molecule has 1 aliphatic rings. The fraction of sp³-hybridized carbons (Fsp3) is 0.240. The van der Waals surface area contributed by atoms with Crippen molar-refractivity contribution in [3.8, 4) is 0 Å². The van der Waals surface area contributed by atoms with Crippen LogP contribution >= 0.6 is 0 Å². The Morgan fingerprint density at radius 2 is 1.73 bits per heavy atom. The lowest BCUT2D eigenvalue weighted by atomic mass is 9.98. The van der Waals surface area contributed by atoms with Crippen LogP contribution in [0.15, 0.2) is 73.1 Å². The van der Waals surface area contributed by atoms with Gasteiger partial charge in [-0.3, -0.25) is 4.79 Å². The van der Waals surface area contributed by atoms with Gasteiger partial charge in [-0.1, -0.05) is 48.5 Å². The van der Waals surface area contributed by atoms with Crippen molar-refractivity contribution in [1.29, 1.82) is 0 Å². The van der Waals surface area contributed by atoms with Gasteiger partial charge in [0.05, 0.1) is 5.52 Å². The second-order valence-corrected chi connectivity index (χ2v) is 7.80. The number of anilines is 1. The fourth-order valence-corrected chi connectivity index (χ4v) is 4.41. The number of amides is 1. The minimum Gasteiger partial charge on any atom is -0.367 e. The highest BCUT2D eigenvalue weighted by Gasteiger charge is 2.28. The van der Waals surface area contributed by atoms with E-state index in [-0.39, 0.29) is 11.9 Å². The summed E-state index contributed by atoms with van der Waals surface area (Å²) in [5.74, 6) is 0.939. The molecule has 3 aromatic carbocycles. The van der Waals surface area contributed by atoms with Gasteiger partial charge in [-0.05, 0) is 48.2 Å². The van der Waals surface area contributed by atoms with Crippen LogP contribution in [0, 0.1) is 0 Å². The summed E-state index contributed by atoms with van der Waals surface area (Å²) in [5.41, 5.74) is 1.70. The van der Waals surface area contributed by atoms with Crippen LogP contribution in [0.4, 0.5) is 5.82 Å². The molecule has 2 heterocycles. The summed E-state index contributed by atoms with van der Waals surface area (Å²) in [4.78, 5) is 24.3. The van der Waals surface area contributed by atoms with E-state index in [4.69, 9.17) is 0 Å². The van der Waals surface area contributed by atoms with Crippen molar-refractivity contribution < 1.29 is 4.79 Å². The molecule has 4 aromatic rings. The molecular weight excluding hydrogens is 372 g/mol. The minimum absolute atomic E-state index is 0.117. The summed E-state index contributed by atoms with van der Waals surface area (Å²) in [7, 11) is 0. The third-order valence-corrected chi connectivity index (χ3v) is 5.96. The van der Waals surface area contributed by atoms with Crippen LogP contribution in [0.1, 0.15) is 29.6 Å². The molecule has 30 heavy (non-hydrogen) atoms. The number of nitrogens with zero attached hydrogens (tertiary/aromatic N) is 3. The molecule has 0 aliphatic carbocycles. The van der Waals surface area contributed by atoms with E-state index in [1.54, 1.807) is 6.33 Å². The van der Waals surface area contributed by atoms with Crippen molar-refractivity contribution in [3.05, 3.63) is 78.6 Å². The SMILES string of the molecule is O=C(c1cccc2ccccc12)N1CCCC[C@H]1CNc1ncnc2ccccc12. The molecule has 1 N–H and O–H groups in total. The molecule has 0 unspecified atom stereocenters. The molecule has 0 spiro atoms. The van der Waals surface area contributed by atoms with Crippen molar-refractivity contribution in [1.82, 2.24) is 14.9 Å². The van der Waals surface area contributed by atoms with Crippen LogP contribution in [-0.2, 0) is 0 Å². The first-order valence-electron chi connectivity index (χ1n) is 10.5. The number of nitrogens with one attached hydrogen (secondary N) is 1. The number of carbonyl (C=O) groups is 1. The van der Waals surface area contributed by atoms with E-state index in [0.29, 0.717) is 6.54 Å². The third kappa shape index (κ3) is 3.47. The summed E-state index contributed by atoms with van der Waals surface area (Å²) in [6.07, 6.45) is 4.76. The Balaban J connectivity index is 1.40. The third-order valence-electron chi connectivity index (χ3n) is 5.96. The van der Waals surface area contributed by atoms with Crippen LogP contribution in [0.2, 0.25) is 0 Å². The summed E-state index contributed by atoms with van der Waals surface area (Å²) < 4.78 is 0. The number of fused-ring (bicyclic) bond motifs is 2. The van der Waals surface area contributed by atoms with Gasteiger partial charge >= 0.3 is 0 Å². The summed E-state index contributed by atoms with van der Waals surface area (Å²) in [6, 6.07) is 22.2. The van der Waals surface area contributed by atoms with Gasteiger partial charge in [-0.25, -0.2) is 9.97 Å². The van der Waals surface area contributed by atoms with Gasteiger partial charge < -0.3 is 10.2 Å². The Morgan fingerprint density at radius 3 is 2.67 bits per heavy atom. The van der Waals surface area contributed by atoms with Crippen LogP contribution in [-0.4, -0.2) is 39.9 Å². The maximum Gasteiger partial charge on any atom is 0.254 e. The second kappa shape index (κ2) is 8.11. The van der Waals surface area contributed by atoms with Crippen molar-refractivity contribution in [3.63, 3.8) is 0 Å². The Hall–Kier alpha value is -3.47. The first kappa shape index (κ1) is 18.6. The van der Waals surface area contributed by atoms with Crippen LogP contribution in [0.5, 0.6) is 0 Å². The molecule has 5 heteroatoms. The lowest BCUT2D eigenvalue weighted by molar-refractivity contribution is 0.0630. The van der Waals surface area contributed by atoms with E-state index in [2.05, 4.69) is 27.4 Å². The highest BCUT2D eigenvalue weighted by molar-refractivity contribution is 6.07. The fourth-order valence-electron chi connectivity index (χ4n) is 4.41. The van der Waals surface area contributed by atoms with Gasteiger partial charge in [0.15, 0.2) is 0 Å². The van der Waals surface area contributed by atoms with Crippen molar-refractivity contribution in [2.45, 2.75) is 25.3 Å². The highest BCUT2D eigenvalue weighted by Crippen LogP contribution is 2.25. The van der Waals surface area contributed by atoms with Crippen molar-refractivity contribution in [2.24, 2.45) is 0 Å². The Morgan fingerprint density at radius 1 is 0.933 bits per heavy atom. The van der Waals surface area contributed by atoms with E-state index < -0.39 is 0 Å². The zero-order valence-electron chi connectivity index (χ0n) is 16.8. The largest absolute Gasteiger partial charge is 0.367 e. The second-order valence-electron chi connectivity index (χ2n) is 7.80. The van der Waals surface area contributed by atoms with Gasteiger partial charge in [0.25, 0.3) is 5.91 Å². The summed E-state index contributed by atoms with van der Waals surface area (Å²) >= 11 is 0. The minimum atomic E-state index is 0.117. The lowest BCUT2D eigenvalue weighted by Crippen LogP contribution is -2.47. The van der Waals surface area contributed by atoms with Gasteiger partial charge in [-0.15, -0.1) is 0 Å². The summed E-state index contributed by atoms with van der Waals surface area (Å²) in [6.45, 7) is 1.47. The number of hydrogen-bond donors (Lipinski definition) is 1. The quantitative estimate of drug-likeness (QED) is 0.534. The zero-order chi connectivity index (χ0) is 20.3. The molecule has 1 aromatic heterocycles. The Kier molecular flexibility index (Phi) is 5.01. The average Bonchev–Trinajstić information content (AvgIpc) is 2.82. The average molecular weight is 396 g/mol. The van der Waals surface area contributed by atoms with Crippen LogP contribution in [0.25, 0.3) is 21.7 Å². The predicted octanol–water partition coefficient (Wildman–Crippen LogP) is 4.89. The molecule has 1 amide bonds. The van der Waals surface area contributed by atoms with Gasteiger partial charge in [0, 0.05) is 30.1 Å². The number of carbonyl (C=O) groups excluding carboxylic acids is 1. The predicted molar refractivity (Wildman–Crippen MR) is 121 cm³/mol. The molecule has 1 fully saturated rings. The normalized spacial score (nSPS) is 16.7. The van der Waals surface area contributed by atoms with E-state index in [9.17, 15) is 4.79 Å². The van der Waals surface area contributed by atoms with Crippen molar-refractivity contribution >= 4 is 33.4 Å². The lowest BCUT2D eigenvalue weighted by Gasteiger charge is -2.36. The molecule has 0 radical (unpaired) electrons. The van der Waals surface area contributed by atoms with Crippen molar-refractivity contribution in [2.75, 3.05) is 18.4 Å². The standard InChI is InChI=1S/C25H24N4O/c30-25(21-13-7-9-18-8-1-2-11-20(18)21)29-15-6-5-10-19(29)16-26-24-22-12-3-4-14-23(22)27-17-28-24/h1-4,7-9,11-14,17,19H,5-6,10,15-16H2,(H,26,27,28)/t19-/m0/s1. The van der Waals surface area contributed by atoms with Crippen LogP contribution in [0.3, 0.4) is 0 Å². The van der Waals surface area contributed by atoms with E-state index in [1.807, 2.05) is 59.5 Å². The number of para-hydroxylation sites is 1. The van der Waals surface area contributed by atoms with Gasteiger partial charge in [0.1, 0.15) is 12.1 Å². The number of rotatable bonds is 4. The number of hydrogen-bond acceptors (Lipinski definition) is 4. The number of likely N-dealkylation sites (tertiary alicyclic amines) is 1. The summed E-state index contributed by atoms with van der Waals surface area (Å²) in [5, 5.41) is 6.61. The van der Waals surface area contributed by atoms with E-state index in [0.717, 1.165) is 58.9 Å². The molecule has 1 saturated heterocycles. The maximum absolute atomic E-state index is 13.5. The molecule has 1 atom stereocenters. The number of aromatic nitrogens is 2. The van der Waals surface area contributed by atoms with Gasteiger partial charge in [0.2, 0.25) is 0 Å². The van der Waals surface area contributed by atoms with E-state index in [1.165, 1.54) is 0 Å². The molecule has 150 valence electrons. The smallest absolute Gasteiger partial charge is 0.254 e. The highest BCUT2D eigenvalue weighted by atomic mass is 16.2. The maximum atomic E-state index is 13.5. The first-order chi connectivity index (χ1) is 14.8.